The zero-order valence-electron chi connectivity index (χ0n) is 44.5. The molecule has 67 heavy (non-hydrogen) atoms. The van der Waals surface area contributed by atoms with Crippen LogP contribution in [-0.4, -0.2) is 46.9 Å². The number of rotatable bonds is 52. The number of allylic oxidation sites excluding steroid dienone is 10. The van der Waals surface area contributed by atoms with Crippen LogP contribution >= 0.6 is 0 Å². The number of aliphatic hydroxyl groups excluding tert-OH is 2. The summed E-state index contributed by atoms with van der Waals surface area (Å²) in [4.78, 5) is 26.3. The van der Waals surface area contributed by atoms with E-state index in [2.05, 4.69) is 86.8 Å². The van der Waals surface area contributed by atoms with Crippen molar-refractivity contribution in [1.29, 1.82) is 0 Å². The molecule has 390 valence electrons. The van der Waals surface area contributed by atoms with Gasteiger partial charge in [0, 0.05) is 6.42 Å². The maximum Gasteiger partial charge on any atom is 0.306 e. The number of carbonyl (C=O) groups is 2. The molecule has 0 aliphatic rings. The summed E-state index contributed by atoms with van der Waals surface area (Å²) in [6.07, 6.45) is 68.5. The van der Waals surface area contributed by atoms with Crippen LogP contribution in [0.15, 0.2) is 60.8 Å². The number of esters is 1. The van der Waals surface area contributed by atoms with E-state index in [1.165, 1.54) is 167 Å². The molecule has 3 unspecified atom stereocenters. The first-order valence-electron chi connectivity index (χ1n) is 29.0. The van der Waals surface area contributed by atoms with Crippen molar-refractivity contribution in [3.8, 4) is 0 Å². The summed E-state index contributed by atoms with van der Waals surface area (Å²) in [5, 5.41) is 23.9. The van der Waals surface area contributed by atoms with E-state index in [0.717, 1.165) is 77.0 Å². The Morgan fingerprint density at radius 1 is 0.448 bits per heavy atom. The fourth-order valence-corrected chi connectivity index (χ4v) is 8.70. The number of unbranched alkanes of at least 4 members (excludes halogenated alkanes) is 32. The lowest BCUT2D eigenvalue weighted by Crippen LogP contribution is -2.46. The van der Waals surface area contributed by atoms with E-state index in [9.17, 15) is 19.8 Å². The van der Waals surface area contributed by atoms with E-state index in [1.54, 1.807) is 0 Å². The lowest BCUT2D eigenvalue weighted by molar-refractivity contribution is -0.151. The van der Waals surface area contributed by atoms with Crippen molar-refractivity contribution < 1.29 is 24.5 Å². The molecule has 6 nitrogen and oxygen atoms in total. The lowest BCUT2D eigenvalue weighted by atomic mass is 10.0. The zero-order valence-corrected chi connectivity index (χ0v) is 44.5. The molecular weight excluding hydrogens is 827 g/mol. The maximum absolute atomic E-state index is 13.3. The third kappa shape index (κ3) is 49.8. The summed E-state index contributed by atoms with van der Waals surface area (Å²) in [5.74, 6) is -0.504. The molecule has 0 fully saturated rings. The van der Waals surface area contributed by atoms with Gasteiger partial charge < -0.3 is 20.3 Å². The second-order valence-electron chi connectivity index (χ2n) is 19.7. The van der Waals surface area contributed by atoms with Gasteiger partial charge >= 0.3 is 5.97 Å². The predicted octanol–water partition coefficient (Wildman–Crippen LogP) is 18.0. The summed E-state index contributed by atoms with van der Waals surface area (Å²) in [6.45, 7) is 6.45. The molecule has 6 heteroatoms. The quantitative estimate of drug-likeness (QED) is 0.0244. The number of hydrogen-bond acceptors (Lipinski definition) is 5. The van der Waals surface area contributed by atoms with Gasteiger partial charge in [-0.25, -0.2) is 0 Å². The molecule has 0 saturated carbocycles. The molecule has 0 heterocycles. The molecule has 0 aromatic carbocycles. The number of carbonyl (C=O) groups excluding carboxylic acids is 2. The third-order valence-electron chi connectivity index (χ3n) is 13.1. The lowest BCUT2D eigenvalue weighted by Gasteiger charge is -2.24. The Balaban J connectivity index is 4.61. The molecule has 0 saturated heterocycles. The Morgan fingerprint density at radius 3 is 1.30 bits per heavy atom. The largest absolute Gasteiger partial charge is 0.462 e. The molecule has 0 rings (SSSR count). The molecular formula is C61H111NO5. The highest BCUT2D eigenvalue weighted by Gasteiger charge is 2.24. The van der Waals surface area contributed by atoms with Crippen molar-refractivity contribution in [2.75, 3.05) is 6.61 Å². The average molecular weight is 939 g/mol. The van der Waals surface area contributed by atoms with Gasteiger partial charge in [0.1, 0.15) is 6.10 Å². The Hall–Kier alpha value is -2.44. The highest BCUT2D eigenvalue weighted by Crippen LogP contribution is 2.18. The molecule has 3 N–H and O–H groups in total. The first kappa shape index (κ1) is 64.6. The topological polar surface area (TPSA) is 95.9 Å². The van der Waals surface area contributed by atoms with Crippen molar-refractivity contribution in [1.82, 2.24) is 5.32 Å². The summed E-state index contributed by atoms with van der Waals surface area (Å²) in [5.41, 5.74) is 0. The highest BCUT2D eigenvalue weighted by molar-refractivity contribution is 5.77. The summed E-state index contributed by atoms with van der Waals surface area (Å²) >= 11 is 0. The number of ether oxygens (including phenoxy) is 1. The van der Waals surface area contributed by atoms with E-state index < -0.39 is 18.2 Å². The minimum atomic E-state index is -0.799. The van der Waals surface area contributed by atoms with Crippen molar-refractivity contribution in [3.63, 3.8) is 0 Å². The Kier molecular flexibility index (Phi) is 52.5. The summed E-state index contributed by atoms with van der Waals surface area (Å²) in [7, 11) is 0. The normalized spacial score (nSPS) is 13.6. The second kappa shape index (κ2) is 54.5. The number of amides is 1. The molecule has 0 spiro atoms. The Bertz CT molecular complexity index is 1190. The van der Waals surface area contributed by atoms with E-state index in [-0.39, 0.29) is 24.9 Å². The van der Waals surface area contributed by atoms with Crippen LogP contribution in [0.1, 0.15) is 290 Å². The number of aliphatic hydroxyl groups is 2. The van der Waals surface area contributed by atoms with E-state index in [4.69, 9.17) is 4.74 Å². The van der Waals surface area contributed by atoms with Gasteiger partial charge in [-0.05, 0) is 83.5 Å². The fourth-order valence-electron chi connectivity index (χ4n) is 8.70. The second-order valence-corrected chi connectivity index (χ2v) is 19.7. The Morgan fingerprint density at radius 2 is 0.821 bits per heavy atom. The molecule has 0 radical (unpaired) electrons. The van der Waals surface area contributed by atoms with E-state index >= 15 is 0 Å². The maximum atomic E-state index is 13.3. The van der Waals surface area contributed by atoms with Crippen molar-refractivity contribution in [3.05, 3.63) is 60.8 Å². The summed E-state index contributed by atoms with van der Waals surface area (Å²) < 4.78 is 5.95. The van der Waals surface area contributed by atoms with Gasteiger partial charge in [-0.3, -0.25) is 9.59 Å². The monoisotopic (exact) mass is 938 g/mol. The van der Waals surface area contributed by atoms with Crippen molar-refractivity contribution in [2.45, 2.75) is 309 Å². The van der Waals surface area contributed by atoms with Crippen LogP contribution in [0.25, 0.3) is 0 Å². The average Bonchev–Trinajstić information content (AvgIpc) is 3.32. The van der Waals surface area contributed by atoms with Gasteiger partial charge in [0.25, 0.3) is 0 Å². The number of hydrogen-bond donors (Lipinski definition) is 3. The summed E-state index contributed by atoms with van der Waals surface area (Å²) in [6, 6.07) is -0.715. The minimum absolute atomic E-state index is 0.0531. The van der Waals surface area contributed by atoms with Crippen LogP contribution < -0.4 is 5.32 Å². The van der Waals surface area contributed by atoms with Gasteiger partial charge in [-0.2, -0.15) is 0 Å². The zero-order chi connectivity index (χ0) is 48.8. The SMILES string of the molecule is CCCCC/C=C\C/C=C\CCCCCCCCCCCC(=O)OC(CCCCC/C=C/C=C/C=C/CCCCCCC)CC(=O)NC(CO)C(O)CCCCCCCCCCCCCCC. The van der Waals surface area contributed by atoms with Crippen molar-refractivity contribution in [2.24, 2.45) is 0 Å². The molecule has 0 aliphatic heterocycles. The van der Waals surface area contributed by atoms with Gasteiger partial charge in [0.2, 0.25) is 5.91 Å². The number of nitrogens with one attached hydrogen (secondary N) is 1. The highest BCUT2D eigenvalue weighted by atomic mass is 16.5. The van der Waals surface area contributed by atoms with Crippen LogP contribution in [-0.2, 0) is 14.3 Å². The molecule has 0 aromatic heterocycles. The van der Waals surface area contributed by atoms with Crippen LogP contribution in [0.3, 0.4) is 0 Å². The first-order valence-corrected chi connectivity index (χ1v) is 29.0. The smallest absolute Gasteiger partial charge is 0.306 e. The molecule has 0 aliphatic carbocycles. The van der Waals surface area contributed by atoms with E-state index in [0.29, 0.717) is 19.3 Å². The first-order chi connectivity index (χ1) is 33.0. The van der Waals surface area contributed by atoms with Crippen LogP contribution in [0.2, 0.25) is 0 Å². The van der Waals surface area contributed by atoms with Crippen LogP contribution in [0, 0.1) is 0 Å². The van der Waals surface area contributed by atoms with E-state index in [1.807, 2.05) is 0 Å². The fraction of sp³-hybridized carbons (Fsp3) is 0.803. The molecule has 0 aromatic rings. The van der Waals surface area contributed by atoms with Crippen LogP contribution in [0.5, 0.6) is 0 Å². The van der Waals surface area contributed by atoms with Gasteiger partial charge in [0.15, 0.2) is 0 Å². The standard InChI is InChI=1S/C61H111NO5/c1-4-7-10-13-16-19-22-25-27-29-30-31-33-36-39-42-45-48-51-54-61(66)67-57(52-49-46-43-40-37-35-32-28-26-23-20-17-14-11-8-5-2)55-60(65)62-58(56-63)59(64)53-50-47-44-41-38-34-24-21-18-15-12-9-6-3/h16,19,23,25-28,32,35,37,57-59,63-64H,4-15,17-18,20-22,24,29-31,33-34,36,38-56H2,1-3H3,(H,62,65)/b19-16-,26-23+,27-25-,32-28+,37-35+. The molecule has 1 amide bonds. The molecule has 0 bridgehead atoms. The Labute approximate surface area is 416 Å². The third-order valence-corrected chi connectivity index (χ3v) is 13.1. The van der Waals surface area contributed by atoms with Gasteiger partial charge in [0.05, 0.1) is 25.2 Å². The van der Waals surface area contributed by atoms with Gasteiger partial charge in [-0.15, -0.1) is 0 Å². The molecule has 3 atom stereocenters. The van der Waals surface area contributed by atoms with Gasteiger partial charge in [-0.1, -0.05) is 255 Å². The predicted molar refractivity (Wildman–Crippen MR) is 292 cm³/mol. The van der Waals surface area contributed by atoms with Crippen LogP contribution in [0.4, 0.5) is 0 Å². The van der Waals surface area contributed by atoms with Crippen molar-refractivity contribution >= 4 is 11.9 Å². The minimum Gasteiger partial charge on any atom is -0.462 e.